The molecule has 0 spiro atoms. The maximum Gasteiger partial charge on any atom is 0.166 e. The molecule has 1 aromatic rings. The zero-order chi connectivity index (χ0) is 15.7. The van der Waals surface area contributed by atoms with Crippen LogP contribution in [0.15, 0.2) is 35.4 Å². The Labute approximate surface area is 133 Å². The number of aliphatic hydroxyl groups excluding tert-OH is 1. The summed E-state index contributed by atoms with van der Waals surface area (Å²) in [6, 6.07) is 7.43. The van der Waals surface area contributed by atoms with E-state index in [-0.39, 0.29) is 23.7 Å². The van der Waals surface area contributed by atoms with Crippen molar-refractivity contribution in [1.29, 1.82) is 0 Å². The van der Waals surface area contributed by atoms with Gasteiger partial charge in [-0.05, 0) is 49.5 Å². The summed E-state index contributed by atoms with van der Waals surface area (Å²) in [5, 5.41) is 9.11. The van der Waals surface area contributed by atoms with Crippen LogP contribution in [0.2, 0.25) is 0 Å². The molecule has 0 fully saturated rings. The van der Waals surface area contributed by atoms with Crippen LogP contribution in [0.5, 0.6) is 0 Å². The molecule has 0 saturated carbocycles. The van der Waals surface area contributed by atoms with E-state index in [0.29, 0.717) is 0 Å². The van der Waals surface area contributed by atoms with Gasteiger partial charge < -0.3 is 5.11 Å². The van der Waals surface area contributed by atoms with E-state index in [2.05, 4.69) is 13.8 Å². The number of rotatable bonds is 3. The summed E-state index contributed by atoms with van der Waals surface area (Å²) in [6.07, 6.45) is 6.83. The van der Waals surface area contributed by atoms with Gasteiger partial charge in [-0.2, -0.15) is 0 Å². The molecule has 0 amide bonds. The van der Waals surface area contributed by atoms with Crippen LogP contribution in [0.1, 0.15) is 68.3 Å². The lowest BCUT2D eigenvalue weighted by Gasteiger charge is -2.40. The summed E-state index contributed by atoms with van der Waals surface area (Å²) in [6.45, 7) is 4.71. The highest BCUT2D eigenvalue weighted by Gasteiger charge is 2.36. The van der Waals surface area contributed by atoms with Crippen LogP contribution in [0.25, 0.3) is 0 Å². The van der Waals surface area contributed by atoms with E-state index in [0.717, 1.165) is 30.4 Å². The highest BCUT2D eigenvalue weighted by atomic mass is 16.3. The van der Waals surface area contributed by atoms with E-state index in [4.69, 9.17) is 5.11 Å². The number of carbonyl (C=O) groups excluding carboxylic acids is 1. The van der Waals surface area contributed by atoms with Gasteiger partial charge in [-0.1, -0.05) is 49.3 Å². The number of carbonyl (C=O) groups is 1. The van der Waals surface area contributed by atoms with Crippen LogP contribution in [0.4, 0.5) is 0 Å². The smallest absolute Gasteiger partial charge is 0.166 e. The van der Waals surface area contributed by atoms with E-state index in [9.17, 15) is 4.79 Å². The maximum atomic E-state index is 12.8. The third kappa shape index (κ3) is 2.89. The lowest BCUT2D eigenvalue weighted by atomic mass is 9.65. The van der Waals surface area contributed by atoms with Crippen molar-refractivity contribution in [2.75, 3.05) is 0 Å². The Morgan fingerprint density at radius 1 is 1.23 bits per heavy atom. The molecule has 0 saturated heterocycles. The number of allylic oxidation sites excluding steroid dienone is 2. The summed E-state index contributed by atoms with van der Waals surface area (Å²) in [7, 11) is 0. The molecule has 0 heterocycles. The van der Waals surface area contributed by atoms with Gasteiger partial charge in [0.2, 0.25) is 0 Å². The van der Waals surface area contributed by atoms with Gasteiger partial charge in [-0.25, -0.2) is 0 Å². The van der Waals surface area contributed by atoms with Crippen molar-refractivity contribution in [3.8, 4) is 0 Å². The molecule has 0 bridgehead atoms. The fourth-order valence-electron chi connectivity index (χ4n) is 4.15. The van der Waals surface area contributed by atoms with Crippen LogP contribution in [0.3, 0.4) is 0 Å². The second kappa shape index (κ2) is 6.00. The molecule has 1 aromatic carbocycles. The number of aliphatic hydroxyl groups is 1. The molecular formula is C20H26O2. The van der Waals surface area contributed by atoms with Crippen molar-refractivity contribution >= 4 is 5.78 Å². The minimum absolute atomic E-state index is 0.0301. The molecular weight excluding hydrogens is 272 g/mol. The van der Waals surface area contributed by atoms with Crippen LogP contribution in [-0.2, 0) is 6.61 Å². The second-order valence-electron chi connectivity index (χ2n) is 7.48. The van der Waals surface area contributed by atoms with E-state index in [1.807, 2.05) is 24.3 Å². The number of benzene rings is 1. The van der Waals surface area contributed by atoms with Gasteiger partial charge in [0, 0.05) is 11.5 Å². The van der Waals surface area contributed by atoms with Crippen LogP contribution in [-0.4, -0.2) is 10.9 Å². The van der Waals surface area contributed by atoms with Crippen molar-refractivity contribution in [2.45, 2.75) is 59.0 Å². The molecule has 2 nitrogen and oxygen atoms in total. The number of Topliss-reactive ketones (excluding diaryl/α,β-unsaturated/α-hetero) is 1. The third-order valence-electron chi connectivity index (χ3n) is 5.56. The van der Waals surface area contributed by atoms with Gasteiger partial charge in [0.05, 0.1) is 6.61 Å². The topological polar surface area (TPSA) is 37.3 Å². The first-order valence-electron chi connectivity index (χ1n) is 8.46. The van der Waals surface area contributed by atoms with Gasteiger partial charge in [0.25, 0.3) is 0 Å². The SMILES string of the molecule is CC1(C)CCCC2=C1CC(C(=O)c1ccc(CO)cc1)CC2. The first kappa shape index (κ1) is 15.5. The predicted octanol–water partition coefficient (Wildman–Crippen LogP) is 4.67. The average molecular weight is 298 g/mol. The molecule has 0 aliphatic heterocycles. The molecule has 2 heteroatoms. The lowest BCUT2D eigenvalue weighted by Crippen LogP contribution is -2.29. The van der Waals surface area contributed by atoms with Crippen LogP contribution >= 0.6 is 0 Å². The minimum Gasteiger partial charge on any atom is -0.392 e. The normalized spacial score (nSPS) is 24.0. The van der Waals surface area contributed by atoms with Gasteiger partial charge in [0.15, 0.2) is 5.78 Å². The third-order valence-corrected chi connectivity index (χ3v) is 5.56. The molecule has 1 unspecified atom stereocenters. The lowest BCUT2D eigenvalue weighted by molar-refractivity contribution is 0.0900. The molecule has 118 valence electrons. The van der Waals surface area contributed by atoms with Gasteiger partial charge in [-0.3, -0.25) is 4.79 Å². The monoisotopic (exact) mass is 298 g/mol. The largest absolute Gasteiger partial charge is 0.392 e. The van der Waals surface area contributed by atoms with E-state index < -0.39 is 0 Å². The fourth-order valence-corrected chi connectivity index (χ4v) is 4.15. The first-order chi connectivity index (χ1) is 10.5. The molecule has 1 atom stereocenters. The molecule has 3 rings (SSSR count). The highest BCUT2D eigenvalue weighted by Crippen LogP contribution is 2.48. The summed E-state index contributed by atoms with van der Waals surface area (Å²) in [5.74, 6) is 0.411. The Bertz CT molecular complexity index is 593. The maximum absolute atomic E-state index is 12.8. The zero-order valence-corrected chi connectivity index (χ0v) is 13.7. The minimum atomic E-state index is 0.0301. The Hall–Kier alpha value is -1.41. The number of hydrogen-bond donors (Lipinski definition) is 1. The average Bonchev–Trinajstić information content (AvgIpc) is 2.54. The van der Waals surface area contributed by atoms with Crippen molar-refractivity contribution in [2.24, 2.45) is 11.3 Å². The number of hydrogen-bond acceptors (Lipinski definition) is 2. The summed E-state index contributed by atoms with van der Waals surface area (Å²) >= 11 is 0. The quantitative estimate of drug-likeness (QED) is 0.650. The van der Waals surface area contributed by atoms with Crippen molar-refractivity contribution in [1.82, 2.24) is 0 Å². The predicted molar refractivity (Wildman–Crippen MR) is 88.7 cm³/mol. The first-order valence-corrected chi connectivity index (χ1v) is 8.46. The molecule has 2 aliphatic rings. The van der Waals surface area contributed by atoms with Crippen molar-refractivity contribution in [3.05, 3.63) is 46.5 Å². The summed E-state index contributed by atoms with van der Waals surface area (Å²) < 4.78 is 0. The molecule has 0 radical (unpaired) electrons. The Morgan fingerprint density at radius 3 is 2.64 bits per heavy atom. The Morgan fingerprint density at radius 2 is 1.95 bits per heavy atom. The van der Waals surface area contributed by atoms with Gasteiger partial charge in [-0.15, -0.1) is 0 Å². The van der Waals surface area contributed by atoms with E-state index in [1.54, 1.807) is 11.1 Å². The molecule has 22 heavy (non-hydrogen) atoms. The van der Waals surface area contributed by atoms with Crippen molar-refractivity contribution < 1.29 is 9.90 Å². The van der Waals surface area contributed by atoms with Crippen molar-refractivity contribution in [3.63, 3.8) is 0 Å². The fraction of sp³-hybridized carbons (Fsp3) is 0.550. The summed E-state index contributed by atoms with van der Waals surface area (Å²) in [4.78, 5) is 12.8. The van der Waals surface area contributed by atoms with E-state index >= 15 is 0 Å². The molecule has 1 N–H and O–H groups in total. The molecule has 0 aromatic heterocycles. The zero-order valence-electron chi connectivity index (χ0n) is 13.7. The van der Waals surface area contributed by atoms with Gasteiger partial charge in [0.1, 0.15) is 0 Å². The van der Waals surface area contributed by atoms with Crippen LogP contribution < -0.4 is 0 Å². The second-order valence-corrected chi connectivity index (χ2v) is 7.48. The molecule has 2 aliphatic carbocycles. The van der Waals surface area contributed by atoms with Gasteiger partial charge >= 0.3 is 0 Å². The van der Waals surface area contributed by atoms with Crippen LogP contribution in [0, 0.1) is 11.3 Å². The van der Waals surface area contributed by atoms with E-state index in [1.165, 1.54) is 19.3 Å². The number of ketones is 1. The summed E-state index contributed by atoms with van der Waals surface area (Å²) in [5.41, 5.74) is 5.12. The highest BCUT2D eigenvalue weighted by molar-refractivity contribution is 5.98. The standard InChI is InChI=1S/C20H26O2/c1-20(2)11-3-4-15-9-10-17(12-18(15)20)19(22)16-7-5-14(13-21)6-8-16/h5-8,17,21H,3-4,9-13H2,1-2H3. The Kier molecular flexibility index (Phi) is 4.22. The Balaban J connectivity index is 1.79.